The van der Waals surface area contributed by atoms with Gasteiger partial charge in [-0.2, -0.15) is 5.10 Å². The molecule has 3 rings (SSSR count). The fraction of sp³-hybridized carbons (Fsp3) is 0.250. The Hall–Kier alpha value is -2.95. The lowest BCUT2D eigenvalue weighted by Gasteiger charge is -2.10. The Labute approximate surface area is 146 Å². The number of aromatic nitrogens is 2. The number of benzene rings is 2. The molecule has 25 heavy (non-hydrogen) atoms. The van der Waals surface area contributed by atoms with E-state index in [1.165, 1.54) is 10.2 Å². The molecular weight excluding hydrogens is 314 g/mol. The van der Waals surface area contributed by atoms with Gasteiger partial charge < -0.3 is 5.32 Å². The van der Waals surface area contributed by atoms with Crippen LogP contribution in [0, 0.1) is 0 Å². The van der Waals surface area contributed by atoms with Crippen molar-refractivity contribution in [1.82, 2.24) is 9.78 Å². The van der Waals surface area contributed by atoms with E-state index in [2.05, 4.69) is 24.3 Å². The molecule has 1 aromatic heterocycles. The number of carbonyl (C=O) groups excluding carboxylic acids is 1. The van der Waals surface area contributed by atoms with Crippen LogP contribution >= 0.6 is 0 Å². The zero-order valence-corrected chi connectivity index (χ0v) is 14.6. The third kappa shape index (κ3) is 3.60. The summed E-state index contributed by atoms with van der Waals surface area (Å²) in [5.41, 5.74) is 2.41. The molecular formula is C20H21N3O2. The van der Waals surface area contributed by atoms with E-state index in [1.54, 1.807) is 13.1 Å². The van der Waals surface area contributed by atoms with E-state index in [0.717, 1.165) is 11.1 Å². The van der Waals surface area contributed by atoms with E-state index < -0.39 is 0 Å². The summed E-state index contributed by atoms with van der Waals surface area (Å²) >= 11 is 0. The van der Waals surface area contributed by atoms with E-state index >= 15 is 0 Å². The van der Waals surface area contributed by atoms with Gasteiger partial charge in [-0.25, -0.2) is 4.68 Å². The van der Waals surface area contributed by atoms with Crippen molar-refractivity contribution in [3.05, 3.63) is 70.1 Å². The molecule has 1 amide bonds. The summed E-state index contributed by atoms with van der Waals surface area (Å²) in [4.78, 5) is 24.5. The van der Waals surface area contributed by atoms with Crippen LogP contribution in [-0.4, -0.2) is 15.7 Å². The highest BCUT2D eigenvalue weighted by Gasteiger charge is 2.12. The smallest absolute Gasteiger partial charge is 0.274 e. The number of hydrogen-bond acceptors (Lipinski definition) is 3. The Morgan fingerprint density at radius 1 is 1.08 bits per heavy atom. The number of nitrogens with one attached hydrogen (secondary N) is 1. The summed E-state index contributed by atoms with van der Waals surface area (Å²) in [5, 5.41) is 8.44. The fourth-order valence-corrected chi connectivity index (χ4v) is 2.82. The minimum absolute atomic E-state index is 0.112. The van der Waals surface area contributed by atoms with Crippen LogP contribution in [0.2, 0.25) is 0 Å². The van der Waals surface area contributed by atoms with Gasteiger partial charge in [0.05, 0.1) is 17.5 Å². The Morgan fingerprint density at radius 3 is 2.36 bits per heavy atom. The molecule has 0 bridgehead atoms. The van der Waals surface area contributed by atoms with E-state index in [0.29, 0.717) is 17.0 Å². The minimum atomic E-state index is -0.163. The summed E-state index contributed by atoms with van der Waals surface area (Å²) in [7, 11) is 1.60. The second-order valence-corrected chi connectivity index (χ2v) is 6.42. The number of hydrogen-bond donors (Lipinski definition) is 1. The lowest BCUT2D eigenvalue weighted by Crippen LogP contribution is -2.24. The van der Waals surface area contributed by atoms with E-state index in [1.807, 2.05) is 42.5 Å². The molecule has 0 saturated carbocycles. The predicted molar refractivity (Wildman–Crippen MR) is 99.8 cm³/mol. The number of fused-ring (bicyclic) bond motifs is 1. The number of rotatable bonds is 4. The van der Waals surface area contributed by atoms with Crippen LogP contribution in [0.1, 0.15) is 31.0 Å². The van der Waals surface area contributed by atoms with Gasteiger partial charge in [0, 0.05) is 18.1 Å². The van der Waals surface area contributed by atoms with Crippen LogP contribution in [0.4, 0.5) is 5.69 Å². The van der Waals surface area contributed by atoms with Crippen molar-refractivity contribution in [2.75, 3.05) is 5.32 Å². The Kier molecular flexibility index (Phi) is 4.65. The van der Waals surface area contributed by atoms with Crippen molar-refractivity contribution in [3.63, 3.8) is 0 Å². The highest BCUT2D eigenvalue weighted by Crippen LogP contribution is 2.18. The van der Waals surface area contributed by atoms with Crippen LogP contribution in [0.25, 0.3) is 10.8 Å². The molecule has 5 heteroatoms. The first-order valence-corrected chi connectivity index (χ1v) is 8.30. The molecule has 0 unspecified atom stereocenters. The topological polar surface area (TPSA) is 64.0 Å². The van der Waals surface area contributed by atoms with Gasteiger partial charge in [-0.15, -0.1) is 0 Å². The molecule has 0 atom stereocenters. The van der Waals surface area contributed by atoms with Crippen molar-refractivity contribution in [1.29, 1.82) is 0 Å². The summed E-state index contributed by atoms with van der Waals surface area (Å²) in [5.74, 6) is 0.291. The van der Waals surface area contributed by atoms with Crippen LogP contribution in [0.3, 0.4) is 0 Å². The average Bonchev–Trinajstić information content (AvgIpc) is 2.60. The summed E-state index contributed by atoms with van der Waals surface area (Å²) in [6.07, 6.45) is 0.112. The van der Waals surface area contributed by atoms with Gasteiger partial charge >= 0.3 is 0 Å². The van der Waals surface area contributed by atoms with E-state index in [4.69, 9.17) is 0 Å². The number of amides is 1. The molecule has 0 spiro atoms. The molecule has 0 fully saturated rings. The summed E-state index contributed by atoms with van der Waals surface area (Å²) in [6, 6.07) is 15.1. The molecule has 3 aromatic rings. The van der Waals surface area contributed by atoms with Crippen molar-refractivity contribution < 1.29 is 4.79 Å². The van der Waals surface area contributed by atoms with Gasteiger partial charge in [0.1, 0.15) is 0 Å². The number of carbonyl (C=O) groups is 1. The van der Waals surface area contributed by atoms with Gasteiger partial charge in [-0.3, -0.25) is 9.59 Å². The normalized spacial score (nSPS) is 11.0. The highest BCUT2D eigenvalue weighted by atomic mass is 16.1. The summed E-state index contributed by atoms with van der Waals surface area (Å²) < 4.78 is 1.28. The zero-order valence-electron chi connectivity index (χ0n) is 14.6. The molecule has 0 radical (unpaired) electrons. The SMILES string of the molecule is CC(C)c1ccc(NC(=O)Cc2nn(C)c(=O)c3ccccc23)cc1. The Balaban J connectivity index is 1.83. The number of aryl methyl sites for hydroxylation is 1. The molecule has 0 aliphatic heterocycles. The molecule has 0 aliphatic rings. The van der Waals surface area contributed by atoms with Gasteiger partial charge in [0.15, 0.2) is 0 Å². The van der Waals surface area contributed by atoms with Gasteiger partial charge in [0.25, 0.3) is 5.56 Å². The highest BCUT2D eigenvalue weighted by molar-refractivity contribution is 5.95. The Morgan fingerprint density at radius 2 is 1.72 bits per heavy atom. The maximum absolute atomic E-state index is 12.4. The maximum atomic E-state index is 12.4. The molecule has 2 aromatic carbocycles. The van der Waals surface area contributed by atoms with Crippen molar-refractivity contribution in [3.8, 4) is 0 Å². The summed E-state index contributed by atoms with van der Waals surface area (Å²) in [6.45, 7) is 4.26. The minimum Gasteiger partial charge on any atom is -0.326 e. The number of nitrogens with zero attached hydrogens (tertiary/aromatic N) is 2. The quantitative estimate of drug-likeness (QED) is 0.796. The standard InChI is InChI=1S/C20H21N3O2/c1-13(2)14-8-10-15(11-9-14)21-19(24)12-18-16-6-4-5-7-17(16)20(25)23(3)22-18/h4-11,13H,12H2,1-3H3,(H,21,24). The van der Waals surface area contributed by atoms with Crippen LogP contribution in [0.5, 0.6) is 0 Å². The second kappa shape index (κ2) is 6.89. The molecule has 0 aliphatic carbocycles. The van der Waals surface area contributed by atoms with Crippen molar-refractivity contribution in [2.24, 2.45) is 7.05 Å². The van der Waals surface area contributed by atoms with E-state index in [-0.39, 0.29) is 17.9 Å². The largest absolute Gasteiger partial charge is 0.326 e. The van der Waals surface area contributed by atoms with Crippen LogP contribution in [-0.2, 0) is 18.3 Å². The first-order valence-electron chi connectivity index (χ1n) is 8.30. The van der Waals surface area contributed by atoms with Crippen molar-refractivity contribution in [2.45, 2.75) is 26.2 Å². The zero-order chi connectivity index (χ0) is 18.0. The molecule has 1 N–H and O–H groups in total. The van der Waals surface area contributed by atoms with Crippen LogP contribution < -0.4 is 10.9 Å². The van der Waals surface area contributed by atoms with Gasteiger partial charge in [-0.05, 0) is 29.7 Å². The third-order valence-electron chi connectivity index (χ3n) is 4.22. The Bertz CT molecular complexity index is 972. The van der Waals surface area contributed by atoms with Gasteiger partial charge in [-0.1, -0.05) is 44.2 Å². The van der Waals surface area contributed by atoms with Gasteiger partial charge in [0.2, 0.25) is 5.91 Å². The monoisotopic (exact) mass is 335 g/mol. The molecule has 1 heterocycles. The second-order valence-electron chi connectivity index (χ2n) is 6.42. The third-order valence-corrected chi connectivity index (χ3v) is 4.22. The molecule has 5 nitrogen and oxygen atoms in total. The van der Waals surface area contributed by atoms with Crippen molar-refractivity contribution >= 4 is 22.4 Å². The predicted octanol–water partition coefficient (Wildman–Crippen LogP) is 3.24. The molecule has 128 valence electrons. The lowest BCUT2D eigenvalue weighted by molar-refractivity contribution is -0.115. The first kappa shape index (κ1) is 16.9. The fourth-order valence-electron chi connectivity index (χ4n) is 2.82. The average molecular weight is 335 g/mol. The first-order chi connectivity index (χ1) is 12.0. The molecule has 0 saturated heterocycles. The lowest BCUT2D eigenvalue weighted by atomic mass is 10.0. The van der Waals surface area contributed by atoms with Crippen LogP contribution in [0.15, 0.2) is 53.3 Å². The maximum Gasteiger partial charge on any atom is 0.274 e. The number of anilines is 1. The van der Waals surface area contributed by atoms with E-state index in [9.17, 15) is 9.59 Å².